The first-order valence-electron chi connectivity index (χ1n) is 15.6. The minimum atomic E-state index is -0.871. The van der Waals surface area contributed by atoms with E-state index in [4.69, 9.17) is 4.74 Å². The lowest BCUT2D eigenvalue weighted by Gasteiger charge is -2.55. The molecule has 2 atom stereocenters. The van der Waals surface area contributed by atoms with Crippen molar-refractivity contribution in [2.75, 3.05) is 19.6 Å². The molecule has 240 valence electrons. The van der Waals surface area contributed by atoms with Gasteiger partial charge in [0, 0.05) is 26.1 Å². The smallest absolute Gasteiger partial charge is 0.334 e. The molecule has 4 amide bonds. The number of phenolic OH excluding ortho intramolecular Hbond substituents is 1. The van der Waals surface area contributed by atoms with Gasteiger partial charge in [0.2, 0.25) is 11.8 Å². The van der Waals surface area contributed by atoms with Crippen LogP contribution in [-0.4, -0.2) is 74.6 Å². The van der Waals surface area contributed by atoms with E-state index >= 15 is 0 Å². The highest BCUT2D eigenvalue weighted by Crippen LogP contribution is 2.30. The molecule has 2 N–H and O–H groups in total. The van der Waals surface area contributed by atoms with Gasteiger partial charge in [0.1, 0.15) is 29.5 Å². The van der Waals surface area contributed by atoms with Gasteiger partial charge in [-0.15, -0.1) is 6.58 Å². The first-order chi connectivity index (χ1) is 22.9. The van der Waals surface area contributed by atoms with Crippen LogP contribution in [-0.2, 0) is 29.1 Å². The number of hydrogen-bond donors (Lipinski definition) is 2. The Balaban J connectivity index is 1.32. The zero-order valence-electron chi connectivity index (χ0n) is 25.9. The predicted octanol–water partition coefficient (Wildman–Crippen LogP) is 4.92. The Morgan fingerprint density at radius 2 is 1.55 bits per heavy atom. The summed E-state index contributed by atoms with van der Waals surface area (Å²) in [6.45, 7) is 4.68. The highest BCUT2D eigenvalue weighted by atomic mass is 16.5. The molecule has 2 heterocycles. The summed E-state index contributed by atoms with van der Waals surface area (Å²) in [7, 11) is 0. The number of carbonyl (C=O) groups excluding carboxylic acids is 3. The minimum Gasteiger partial charge on any atom is -0.508 e. The number of aromatic hydroxyl groups is 1. The first kappa shape index (κ1) is 31.4. The Morgan fingerprint density at radius 1 is 0.872 bits per heavy atom. The molecule has 2 aliphatic rings. The highest BCUT2D eigenvalue weighted by molar-refractivity contribution is 5.91. The zero-order valence-corrected chi connectivity index (χ0v) is 25.9. The lowest BCUT2D eigenvalue weighted by Crippen LogP contribution is -2.76. The van der Waals surface area contributed by atoms with E-state index in [0.717, 1.165) is 16.7 Å². The van der Waals surface area contributed by atoms with Gasteiger partial charge in [0.25, 0.3) is 0 Å². The number of phenols is 1. The standard InChI is InChI=1S/C37H37N5O5/c1-2-20-40-26-35(44)41-33(22-27-16-18-30(43)19-17-27)36(45)39(24-29-12-9-15-32(21-29)47-31-13-7-4-8-14-31)25-34(41)42(40)37(46)38-23-28-10-5-3-6-11-28/h2-19,21,33-34,43H,1,20,22-26H2,(H,38,46)/t33-,34-/m0/s1. The van der Waals surface area contributed by atoms with Crippen molar-refractivity contribution in [3.63, 3.8) is 0 Å². The summed E-state index contributed by atoms with van der Waals surface area (Å²) >= 11 is 0. The van der Waals surface area contributed by atoms with Gasteiger partial charge in [-0.25, -0.2) is 14.8 Å². The number of urea groups is 1. The van der Waals surface area contributed by atoms with Crippen LogP contribution in [0, 0.1) is 0 Å². The van der Waals surface area contributed by atoms with Gasteiger partial charge in [0.05, 0.1) is 13.1 Å². The molecule has 0 saturated carbocycles. The number of nitrogens with one attached hydrogen (secondary N) is 1. The first-order valence-corrected chi connectivity index (χ1v) is 15.6. The fraction of sp³-hybridized carbons (Fsp3) is 0.216. The lowest BCUT2D eigenvalue weighted by atomic mass is 9.98. The summed E-state index contributed by atoms with van der Waals surface area (Å²) < 4.78 is 6.04. The van der Waals surface area contributed by atoms with E-state index in [9.17, 15) is 19.5 Å². The Morgan fingerprint density at radius 3 is 2.28 bits per heavy atom. The molecule has 10 nitrogen and oxygen atoms in total. The van der Waals surface area contributed by atoms with Crippen molar-refractivity contribution >= 4 is 17.8 Å². The van der Waals surface area contributed by atoms with Crippen LogP contribution in [0.25, 0.3) is 0 Å². The van der Waals surface area contributed by atoms with Crippen LogP contribution >= 0.6 is 0 Å². The van der Waals surface area contributed by atoms with Crippen LogP contribution in [0.15, 0.2) is 122 Å². The average Bonchev–Trinajstić information content (AvgIpc) is 3.08. The van der Waals surface area contributed by atoms with Crippen molar-refractivity contribution in [2.45, 2.75) is 31.7 Å². The number of ether oxygens (including phenoxy) is 1. The molecular weight excluding hydrogens is 594 g/mol. The second kappa shape index (κ2) is 14.2. The number of nitrogens with zero attached hydrogens (tertiary/aromatic N) is 4. The van der Waals surface area contributed by atoms with Gasteiger partial charge in [-0.05, 0) is 53.1 Å². The van der Waals surface area contributed by atoms with Gasteiger partial charge >= 0.3 is 6.03 Å². The van der Waals surface area contributed by atoms with E-state index in [-0.39, 0.29) is 56.2 Å². The van der Waals surface area contributed by atoms with Crippen molar-refractivity contribution < 1.29 is 24.2 Å². The Labute approximate surface area is 274 Å². The molecule has 2 fully saturated rings. The molecule has 6 rings (SSSR count). The summed E-state index contributed by atoms with van der Waals surface area (Å²) in [4.78, 5) is 45.3. The van der Waals surface area contributed by atoms with Crippen LogP contribution < -0.4 is 10.1 Å². The fourth-order valence-corrected chi connectivity index (χ4v) is 6.11. The lowest BCUT2D eigenvalue weighted by molar-refractivity contribution is -0.189. The van der Waals surface area contributed by atoms with Crippen LogP contribution in [0.1, 0.15) is 16.7 Å². The van der Waals surface area contributed by atoms with E-state index in [1.807, 2.05) is 84.9 Å². The summed E-state index contributed by atoms with van der Waals surface area (Å²) in [6, 6.07) is 31.9. The maximum atomic E-state index is 14.3. The Bertz CT molecular complexity index is 1720. The molecule has 2 saturated heterocycles. The van der Waals surface area contributed by atoms with E-state index in [0.29, 0.717) is 18.0 Å². The monoisotopic (exact) mass is 631 g/mol. The number of hydrogen-bond acceptors (Lipinski definition) is 6. The molecule has 0 unspecified atom stereocenters. The number of benzene rings is 4. The van der Waals surface area contributed by atoms with E-state index in [1.54, 1.807) is 50.2 Å². The third kappa shape index (κ3) is 7.29. The Hall–Kier alpha value is -5.61. The van der Waals surface area contributed by atoms with Crippen molar-refractivity contribution in [1.29, 1.82) is 0 Å². The molecule has 0 bridgehead atoms. The second-order valence-electron chi connectivity index (χ2n) is 11.6. The number of amides is 4. The van der Waals surface area contributed by atoms with Crippen LogP contribution in [0.3, 0.4) is 0 Å². The van der Waals surface area contributed by atoms with Gasteiger partial charge in [-0.1, -0.05) is 78.9 Å². The van der Waals surface area contributed by atoms with Crippen LogP contribution in [0.2, 0.25) is 0 Å². The van der Waals surface area contributed by atoms with E-state index in [2.05, 4.69) is 11.9 Å². The maximum Gasteiger partial charge on any atom is 0.334 e. The molecule has 10 heteroatoms. The second-order valence-corrected chi connectivity index (χ2v) is 11.6. The molecule has 0 spiro atoms. The fourth-order valence-electron chi connectivity index (χ4n) is 6.11. The van der Waals surface area contributed by atoms with Gasteiger partial charge < -0.3 is 25.0 Å². The van der Waals surface area contributed by atoms with Crippen molar-refractivity contribution in [3.05, 3.63) is 139 Å². The predicted molar refractivity (Wildman–Crippen MR) is 177 cm³/mol. The quantitative estimate of drug-likeness (QED) is 0.241. The number of para-hydroxylation sites is 1. The molecule has 0 aromatic heterocycles. The summed E-state index contributed by atoms with van der Waals surface area (Å²) in [5.74, 6) is 0.963. The summed E-state index contributed by atoms with van der Waals surface area (Å²) in [5.41, 5.74) is 2.56. The highest BCUT2D eigenvalue weighted by Gasteiger charge is 2.51. The molecule has 0 aliphatic carbocycles. The summed E-state index contributed by atoms with van der Waals surface area (Å²) in [6.07, 6.45) is 1.10. The molecular formula is C37H37N5O5. The molecule has 47 heavy (non-hydrogen) atoms. The minimum absolute atomic E-state index is 0.0838. The molecule has 0 radical (unpaired) electrons. The number of piperazine rings is 1. The normalized spacial score (nSPS) is 18.1. The maximum absolute atomic E-state index is 14.3. The molecule has 2 aliphatic heterocycles. The number of rotatable bonds is 10. The Kier molecular flexibility index (Phi) is 9.49. The average molecular weight is 632 g/mol. The third-order valence-electron chi connectivity index (χ3n) is 8.28. The van der Waals surface area contributed by atoms with Crippen LogP contribution in [0.4, 0.5) is 4.79 Å². The molecule has 4 aromatic rings. The van der Waals surface area contributed by atoms with E-state index < -0.39 is 12.2 Å². The van der Waals surface area contributed by atoms with Crippen molar-refractivity contribution in [3.8, 4) is 17.2 Å². The van der Waals surface area contributed by atoms with Crippen molar-refractivity contribution in [1.82, 2.24) is 25.1 Å². The SMILES string of the molecule is C=CCN1CC(=O)N2[C@@H](Cc3ccc(O)cc3)C(=O)N(Cc3cccc(Oc4ccccc4)c3)C[C@@H]2N1C(=O)NCc1ccccc1. The zero-order chi connectivity index (χ0) is 32.8. The van der Waals surface area contributed by atoms with Gasteiger partial charge in [0.15, 0.2) is 0 Å². The van der Waals surface area contributed by atoms with Crippen molar-refractivity contribution in [2.24, 2.45) is 0 Å². The van der Waals surface area contributed by atoms with Gasteiger partial charge in [-0.2, -0.15) is 0 Å². The number of fused-ring (bicyclic) bond motifs is 1. The third-order valence-corrected chi connectivity index (χ3v) is 8.28. The van der Waals surface area contributed by atoms with E-state index in [1.165, 1.54) is 0 Å². The number of carbonyl (C=O) groups is 3. The topological polar surface area (TPSA) is 106 Å². The van der Waals surface area contributed by atoms with Crippen LogP contribution in [0.5, 0.6) is 17.2 Å². The number of hydrazine groups is 1. The largest absolute Gasteiger partial charge is 0.508 e. The summed E-state index contributed by atoms with van der Waals surface area (Å²) in [5, 5.41) is 16.1. The van der Waals surface area contributed by atoms with Gasteiger partial charge in [-0.3, -0.25) is 9.59 Å². The molecule has 4 aromatic carbocycles.